The van der Waals surface area contributed by atoms with Crippen LogP contribution in [0.2, 0.25) is 0 Å². The molecule has 2 N–H and O–H groups in total. The quantitative estimate of drug-likeness (QED) is 0.924. The van der Waals surface area contributed by atoms with E-state index in [1.807, 2.05) is 30.3 Å². The maximum Gasteiger partial charge on any atom is 0.157 e. The molecule has 1 saturated heterocycles. The second-order valence-electron chi connectivity index (χ2n) is 5.36. The Balaban J connectivity index is 1.87. The van der Waals surface area contributed by atoms with Crippen LogP contribution in [0.5, 0.6) is 0 Å². The van der Waals surface area contributed by atoms with Gasteiger partial charge < -0.3 is 10.5 Å². The molecule has 0 spiro atoms. The van der Waals surface area contributed by atoms with Crippen molar-refractivity contribution in [3.05, 3.63) is 42.1 Å². The van der Waals surface area contributed by atoms with E-state index in [0.717, 1.165) is 16.5 Å². The van der Waals surface area contributed by atoms with Gasteiger partial charge in [-0.25, -0.2) is 0 Å². The third kappa shape index (κ3) is 2.44. The summed E-state index contributed by atoms with van der Waals surface area (Å²) in [4.78, 5) is 16.8. The topological polar surface area (TPSA) is 65.2 Å². The van der Waals surface area contributed by atoms with Crippen molar-refractivity contribution in [2.45, 2.75) is 24.8 Å². The first-order valence-electron chi connectivity index (χ1n) is 6.92. The van der Waals surface area contributed by atoms with E-state index in [4.69, 9.17) is 10.5 Å². The van der Waals surface area contributed by atoms with Crippen LogP contribution in [-0.2, 0) is 16.0 Å². The molecule has 104 valence electrons. The molecule has 1 aliphatic heterocycles. The number of carbonyl (C=O) groups is 1. The number of hydrogen-bond acceptors (Lipinski definition) is 4. The maximum absolute atomic E-state index is 12.5. The molecule has 0 bridgehead atoms. The van der Waals surface area contributed by atoms with E-state index in [0.29, 0.717) is 32.5 Å². The smallest absolute Gasteiger partial charge is 0.157 e. The largest absolute Gasteiger partial charge is 0.381 e. The summed E-state index contributed by atoms with van der Waals surface area (Å²) in [6, 6.07) is 9.77. The number of carbonyl (C=O) groups excluding carboxylic acids is 1. The van der Waals surface area contributed by atoms with Gasteiger partial charge in [-0.05, 0) is 30.5 Å². The van der Waals surface area contributed by atoms with Gasteiger partial charge in [-0.15, -0.1) is 0 Å². The number of pyridine rings is 1. The monoisotopic (exact) mass is 270 g/mol. The molecule has 2 aromatic rings. The van der Waals surface area contributed by atoms with E-state index in [-0.39, 0.29) is 5.78 Å². The zero-order valence-corrected chi connectivity index (χ0v) is 11.3. The highest BCUT2D eigenvalue weighted by Gasteiger charge is 2.35. The third-order valence-corrected chi connectivity index (χ3v) is 4.03. The van der Waals surface area contributed by atoms with E-state index in [9.17, 15) is 4.79 Å². The number of aromatic nitrogens is 1. The van der Waals surface area contributed by atoms with Crippen LogP contribution in [0.3, 0.4) is 0 Å². The molecular formula is C16H18N2O2. The number of fused-ring (bicyclic) bond motifs is 1. The number of rotatable bonds is 3. The Hall–Kier alpha value is -1.78. The maximum atomic E-state index is 12.5. The minimum atomic E-state index is -0.734. The van der Waals surface area contributed by atoms with Gasteiger partial charge in [-0.2, -0.15) is 0 Å². The summed E-state index contributed by atoms with van der Waals surface area (Å²) in [6.07, 6.45) is 3.32. The van der Waals surface area contributed by atoms with Crippen LogP contribution >= 0.6 is 0 Å². The molecule has 20 heavy (non-hydrogen) atoms. The highest BCUT2D eigenvalue weighted by molar-refractivity contribution is 5.94. The molecule has 1 aromatic heterocycles. The zero-order chi connectivity index (χ0) is 14.0. The average Bonchev–Trinajstić information content (AvgIpc) is 2.48. The van der Waals surface area contributed by atoms with Gasteiger partial charge in [0.05, 0.1) is 11.1 Å². The molecule has 0 saturated carbocycles. The number of Topliss-reactive ketones (excluding diaryl/α,β-unsaturated/α-hetero) is 1. The minimum Gasteiger partial charge on any atom is -0.381 e. The van der Waals surface area contributed by atoms with Crippen LogP contribution in [0.25, 0.3) is 10.9 Å². The van der Waals surface area contributed by atoms with Gasteiger partial charge in [0.2, 0.25) is 0 Å². The first-order valence-corrected chi connectivity index (χ1v) is 6.92. The second-order valence-corrected chi connectivity index (χ2v) is 5.36. The summed E-state index contributed by atoms with van der Waals surface area (Å²) in [5, 5.41) is 1.03. The van der Waals surface area contributed by atoms with Crippen molar-refractivity contribution in [1.29, 1.82) is 0 Å². The Labute approximate surface area is 117 Å². The van der Waals surface area contributed by atoms with E-state index in [1.165, 1.54) is 0 Å². The van der Waals surface area contributed by atoms with Crippen molar-refractivity contribution in [1.82, 2.24) is 4.98 Å². The van der Waals surface area contributed by atoms with E-state index < -0.39 is 5.54 Å². The summed E-state index contributed by atoms with van der Waals surface area (Å²) in [5.74, 6) is 0.0946. The Morgan fingerprint density at radius 2 is 2.00 bits per heavy atom. The number of para-hydroxylation sites is 1. The molecule has 0 amide bonds. The molecule has 0 unspecified atom stereocenters. The van der Waals surface area contributed by atoms with Crippen molar-refractivity contribution in [2.75, 3.05) is 13.2 Å². The Bertz CT molecular complexity index is 628. The Morgan fingerprint density at radius 1 is 1.25 bits per heavy atom. The first kappa shape index (κ1) is 13.2. The molecule has 1 fully saturated rings. The van der Waals surface area contributed by atoms with Crippen molar-refractivity contribution in [3.63, 3.8) is 0 Å². The fraction of sp³-hybridized carbons (Fsp3) is 0.375. The van der Waals surface area contributed by atoms with Crippen LogP contribution in [0.15, 0.2) is 36.5 Å². The number of nitrogens with zero attached hydrogens (tertiary/aromatic N) is 1. The normalized spacial score (nSPS) is 18.1. The zero-order valence-electron chi connectivity index (χ0n) is 11.3. The molecule has 1 aliphatic rings. The molecular weight excluding hydrogens is 252 g/mol. The van der Waals surface area contributed by atoms with Crippen molar-refractivity contribution >= 4 is 16.7 Å². The van der Waals surface area contributed by atoms with Gasteiger partial charge in [0.1, 0.15) is 0 Å². The van der Waals surface area contributed by atoms with Gasteiger partial charge in [-0.1, -0.05) is 18.2 Å². The third-order valence-electron chi connectivity index (χ3n) is 4.03. The van der Waals surface area contributed by atoms with Gasteiger partial charge in [-0.3, -0.25) is 9.78 Å². The van der Waals surface area contributed by atoms with Crippen molar-refractivity contribution in [2.24, 2.45) is 5.73 Å². The van der Waals surface area contributed by atoms with Crippen LogP contribution in [0.1, 0.15) is 18.4 Å². The van der Waals surface area contributed by atoms with Gasteiger partial charge in [0.25, 0.3) is 0 Å². The van der Waals surface area contributed by atoms with Crippen LogP contribution in [0, 0.1) is 0 Å². The molecule has 3 rings (SSSR count). The van der Waals surface area contributed by atoms with Crippen LogP contribution in [-0.4, -0.2) is 29.5 Å². The fourth-order valence-corrected chi connectivity index (χ4v) is 2.67. The second kappa shape index (κ2) is 5.31. The number of ether oxygens (including phenoxy) is 1. The standard InChI is InChI=1S/C16H18N2O2/c17-16(6-9-20-10-7-16)15(19)11-12-5-8-18-14-4-2-1-3-13(12)14/h1-5,8H,6-7,9-11,17H2. The van der Waals surface area contributed by atoms with Crippen molar-refractivity contribution < 1.29 is 9.53 Å². The lowest BCUT2D eigenvalue weighted by Gasteiger charge is -2.31. The summed E-state index contributed by atoms with van der Waals surface area (Å²) < 4.78 is 5.29. The molecule has 0 radical (unpaired) electrons. The lowest BCUT2D eigenvalue weighted by molar-refractivity contribution is -0.126. The SMILES string of the molecule is NC1(C(=O)Cc2ccnc3ccccc23)CCOCC1. The average molecular weight is 270 g/mol. The number of hydrogen-bond donors (Lipinski definition) is 1. The highest BCUT2D eigenvalue weighted by atomic mass is 16.5. The van der Waals surface area contributed by atoms with Crippen molar-refractivity contribution in [3.8, 4) is 0 Å². The van der Waals surface area contributed by atoms with Crippen LogP contribution < -0.4 is 5.73 Å². The summed E-state index contributed by atoms with van der Waals surface area (Å²) in [5.41, 5.74) is 7.43. The Kier molecular flexibility index (Phi) is 3.51. The molecule has 1 aromatic carbocycles. The predicted octanol–water partition coefficient (Wildman–Crippen LogP) is 1.85. The van der Waals surface area contributed by atoms with Gasteiger partial charge >= 0.3 is 0 Å². The van der Waals surface area contributed by atoms with E-state index in [2.05, 4.69) is 4.98 Å². The lowest BCUT2D eigenvalue weighted by atomic mass is 9.83. The number of ketones is 1. The highest BCUT2D eigenvalue weighted by Crippen LogP contribution is 2.23. The minimum absolute atomic E-state index is 0.0946. The van der Waals surface area contributed by atoms with Crippen LogP contribution in [0.4, 0.5) is 0 Å². The number of benzene rings is 1. The molecule has 2 heterocycles. The van der Waals surface area contributed by atoms with Gasteiger partial charge in [0.15, 0.2) is 5.78 Å². The van der Waals surface area contributed by atoms with E-state index >= 15 is 0 Å². The molecule has 4 heteroatoms. The molecule has 4 nitrogen and oxygen atoms in total. The number of nitrogens with two attached hydrogens (primary N) is 1. The van der Waals surface area contributed by atoms with E-state index in [1.54, 1.807) is 6.20 Å². The first-order chi connectivity index (χ1) is 9.69. The summed E-state index contributed by atoms with van der Waals surface area (Å²) in [7, 11) is 0. The Morgan fingerprint density at radius 3 is 2.80 bits per heavy atom. The fourth-order valence-electron chi connectivity index (χ4n) is 2.67. The van der Waals surface area contributed by atoms with Gasteiger partial charge in [0, 0.05) is 31.2 Å². The summed E-state index contributed by atoms with van der Waals surface area (Å²) in [6.45, 7) is 1.14. The predicted molar refractivity (Wildman–Crippen MR) is 77.4 cm³/mol. The molecule has 0 atom stereocenters. The molecule has 0 aliphatic carbocycles. The summed E-state index contributed by atoms with van der Waals surface area (Å²) >= 11 is 0. The lowest BCUT2D eigenvalue weighted by Crippen LogP contribution is -2.52.